The lowest BCUT2D eigenvalue weighted by atomic mass is 10.1. The summed E-state index contributed by atoms with van der Waals surface area (Å²) >= 11 is 13.8. The molecule has 0 saturated carbocycles. The lowest BCUT2D eigenvalue weighted by Crippen LogP contribution is -2.55. The third-order valence-corrected chi connectivity index (χ3v) is 9.41. The topological polar surface area (TPSA) is 80.6 Å². The Bertz CT molecular complexity index is 1580. The fraction of sp³-hybridized carbons (Fsp3) is 0.333. The number of carbonyl (C=O) groups is 2. The Hall–Kier alpha value is -3.53. The maximum absolute atomic E-state index is 13.0. The third kappa shape index (κ3) is 7.75. The van der Waals surface area contributed by atoms with Gasteiger partial charge in [0.15, 0.2) is 5.16 Å². The van der Waals surface area contributed by atoms with Gasteiger partial charge in [-0.15, -0.1) is 10.2 Å². The van der Waals surface area contributed by atoms with Crippen molar-refractivity contribution in [1.29, 1.82) is 0 Å². The SMILES string of the molecule is COc1ccc(-n2c(Cc3ccccc3)nnc2SCCCCC(=O)N2CCN(C(=O)c3ccc(Cl)c(Cl)c3)C(C)C2)cc1. The van der Waals surface area contributed by atoms with Crippen LogP contribution in [0.15, 0.2) is 78.0 Å². The highest BCUT2D eigenvalue weighted by Crippen LogP contribution is 2.27. The minimum atomic E-state index is -0.102. The van der Waals surface area contributed by atoms with Gasteiger partial charge in [-0.3, -0.25) is 14.2 Å². The first-order valence-electron chi connectivity index (χ1n) is 14.6. The van der Waals surface area contributed by atoms with Gasteiger partial charge in [0, 0.05) is 55.5 Å². The molecule has 1 aromatic heterocycles. The number of piperazine rings is 1. The van der Waals surface area contributed by atoms with Crippen LogP contribution in [0.4, 0.5) is 0 Å². The van der Waals surface area contributed by atoms with Crippen molar-refractivity contribution in [3.05, 3.63) is 99.8 Å². The number of nitrogens with zero attached hydrogens (tertiary/aromatic N) is 5. The molecule has 1 aliphatic heterocycles. The highest BCUT2D eigenvalue weighted by Gasteiger charge is 2.30. The van der Waals surface area contributed by atoms with Gasteiger partial charge in [-0.25, -0.2) is 0 Å². The first kappa shape index (κ1) is 31.9. The smallest absolute Gasteiger partial charge is 0.254 e. The van der Waals surface area contributed by atoms with E-state index in [4.69, 9.17) is 27.9 Å². The summed E-state index contributed by atoms with van der Waals surface area (Å²) in [6.45, 7) is 3.47. The predicted molar refractivity (Wildman–Crippen MR) is 175 cm³/mol. The molecular weight excluding hydrogens is 617 g/mol. The van der Waals surface area contributed by atoms with Crippen LogP contribution < -0.4 is 4.74 Å². The highest BCUT2D eigenvalue weighted by molar-refractivity contribution is 7.99. The van der Waals surface area contributed by atoms with Crippen LogP contribution in [0.3, 0.4) is 0 Å². The molecular formula is C33H35Cl2N5O3S. The van der Waals surface area contributed by atoms with E-state index in [2.05, 4.69) is 26.9 Å². The number of carbonyl (C=O) groups excluding carboxylic acids is 2. The molecule has 1 saturated heterocycles. The van der Waals surface area contributed by atoms with E-state index < -0.39 is 0 Å². The molecule has 11 heteroatoms. The van der Waals surface area contributed by atoms with Crippen LogP contribution in [0.5, 0.6) is 5.75 Å². The molecule has 44 heavy (non-hydrogen) atoms. The van der Waals surface area contributed by atoms with Gasteiger partial charge >= 0.3 is 0 Å². The first-order chi connectivity index (χ1) is 21.3. The van der Waals surface area contributed by atoms with E-state index in [0.717, 1.165) is 41.0 Å². The summed E-state index contributed by atoms with van der Waals surface area (Å²) in [6.07, 6.45) is 2.78. The number of benzene rings is 3. The van der Waals surface area contributed by atoms with E-state index in [1.54, 1.807) is 42.0 Å². The Balaban J connectivity index is 1.13. The lowest BCUT2D eigenvalue weighted by Gasteiger charge is -2.40. The maximum Gasteiger partial charge on any atom is 0.254 e. The number of ether oxygens (including phenoxy) is 1. The normalized spacial score (nSPS) is 15.0. The zero-order chi connectivity index (χ0) is 31.1. The average Bonchev–Trinajstić information content (AvgIpc) is 3.44. The molecule has 1 unspecified atom stereocenters. The second-order valence-corrected chi connectivity index (χ2v) is 12.6. The Labute approximate surface area is 272 Å². The van der Waals surface area contributed by atoms with Crippen LogP contribution in [0.25, 0.3) is 5.69 Å². The number of amides is 2. The molecule has 2 amide bonds. The van der Waals surface area contributed by atoms with Crippen LogP contribution in [-0.2, 0) is 11.2 Å². The van der Waals surface area contributed by atoms with E-state index in [0.29, 0.717) is 48.1 Å². The zero-order valence-corrected chi connectivity index (χ0v) is 27.1. The molecule has 0 bridgehead atoms. The number of thioether (sulfide) groups is 1. The summed E-state index contributed by atoms with van der Waals surface area (Å²) in [4.78, 5) is 29.7. The summed E-state index contributed by atoms with van der Waals surface area (Å²) in [7, 11) is 1.65. The van der Waals surface area contributed by atoms with Gasteiger partial charge in [-0.2, -0.15) is 0 Å². The molecule has 0 aliphatic carbocycles. The van der Waals surface area contributed by atoms with E-state index in [1.807, 2.05) is 54.3 Å². The van der Waals surface area contributed by atoms with Crippen molar-refractivity contribution in [2.45, 2.75) is 43.8 Å². The average molecular weight is 653 g/mol. The van der Waals surface area contributed by atoms with Crippen molar-refractivity contribution in [1.82, 2.24) is 24.6 Å². The van der Waals surface area contributed by atoms with Crippen molar-refractivity contribution in [3.8, 4) is 11.4 Å². The van der Waals surface area contributed by atoms with Gasteiger partial charge < -0.3 is 14.5 Å². The van der Waals surface area contributed by atoms with Crippen molar-refractivity contribution in [2.24, 2.45) is 0 Å². The van der Waals surface area contributed by atoms with E-state index >= 15 is 0 Å². The molecule has 1 atom stereocenters. The van der Waals surface area contributed by atoms with Gasteiger partial charge in [-0.05, 0) is 67.8 Å². The second-order valence-electron chi connectivity index (χ2n) is 10.7. The van der Waals surface area contributed by atoms with Crippen molar-refractivity contribution in [2.75, 3.05) is 32.5 Å². The van der Waals surface area contributed by atoms with Crippen LogP contribution in [0, 0.1) is 0 Å². The Morgan fingerprint density at radius 3 is 2.43 bits per heavy atom. The molecule has 3 aromatic carbocycles. The molecule has 4 aromatic rings. The van der Waals surface area contributed by atoms with Gasteiger partial charge in [0.1, 0.15) is 11.6 Å². The Morgan fingerprint density at radius 2 is 1.73 bits per heavy atom. The fourth-order valence-corrected chi connectivity index (χ4v) is 6.53. The minimum absolute atomic E-state index is 0.0976. The number of methoxy groups -OCH3 is 1. The third-order valence-electron chi connectivity index (χ3n) is 7.66. The molecule has 1 fully saturated rings. The number of aromatic nitrogens is 3. The van der Waals surface area contributed by atoms with Gasteiger partial charge in [0.2, 0.25) is 5.91 Å². The summed E-state index contributed by atoms with van der Waals surface area (Å²) in [5.74, 6) is 2.49. The van der Waals surface area contributed by atoms with Crippen LogP contribution in [0.2, 0.25) is 10.0 Å². The molecule has 8 nitrogen and oxygen atoms in total. The van der Waals surface area contributed by atoms with E-state index in [-0.39, 0.29) is 17.9 Å². The van der Waals surface area contributed by atoms with Crippen molar-refractivity contribution >= 4 is 46.8 Å². The van der Waals surface area contributed by atoms with Gasteiger partial charge in [0.25, 0.3) is 5.91 Å². The number of hydrogen-bond acceptors (Lipinski definition) is 6. The zero-order valence-electron chi connectivity index (χ0n) is 24.8. The largest absolute Gasteiger partial charge is 0.497 e. The summed E-state index contributed by atoms with van der Waals surface area (Å²) in [6, 6.07) is 22.9. The predicted octanol–water partition coefficient (Wildman–Crippen LogP) is 6.81. The molecule has 1 aliphatic rings. The number of unbranched alkanes of at least 4 members (excludes halogenated alkanes) is 1. The van der Waals surface area contributed by atoms with Gasteiger partial charge in [0.05, 0.1) is 17.2 Å². The second kappa shape index (κ2) is 15.0. The molecule has 0 N–H and O–H groups in total. The van der Waals surface area contributed by atoms with Crippen LogP contribution >= 0.6 is 35.0 Å². The lowest BCUT2D eigenvalue weighted by molar-refractivity contribution is -0.133. The molecule has 0 spiro atoms. The van der Waals surface area contributed by atoms with E-state index in [1.165, 1.54) is 5.56 Å². The maximum atomic E-state index is 13.0. The monoisotopic (exact) mass is 651 g/mol. The molecule has 5 rings (SSSR count). The van der Waals surface area contributed by atoms with Gasteiger partial charge in [-0.1, -0.05) is 65.3 Å². The molecule has 0 radical (unpaired) electrons. The number of rotatable bonds is 11. The van der Waals surface area contributed by atoms with E-state index in [9.17, 15) is 9.59 Å². The summed E-state index contributed by atoms with van der Waals surface area (Å²) in [5.41, 5.74) is 2.64. The summed E-state index contributed by atoms with van der Waals surface area (Å²) in [5, 5.41) is 10.6. The summed E-state index contributed by atoms with van der Waals surface area (Å²) < 4.78 is 7.44. The standard InChI is InChI=1S/C33H35Cl2N5O3S/c1-23-22-38(17-18-39(23)32(42)25-11-16-28(34)29(35)21-25)31(41)10-6-7-19-44-33-37-36-30(20-24-8-4-3-5-9-24)40(33)26-12-14-27(43-2)15-13-26/h3-5,8-9,11-16,21,23H,6-7,10,17-20,22H2,1-2H3. The number of hydrogen-bond donors (Lipinski definition) is 0. The van der Waals surface area contributed by atoms with Crippen molar-refractivity contribution in [3.63, 3.8) is 0 Å². The van der Waals surface area contributed by atoms with Crippen molar-refractivity contribution < 1.29 is 14.3 Å². The minimum Gasteiger partial charge on any atom is -0.497 e. The highest BCUT2D eigenvalue weighted by atomic mass is 35.5. The quantitative estimate of drug-likeness (QED) is 0.131. The first-order valence-corrected chi connectivity index (χ1v) is 16.4. The van der Waals surface area contributed by atoms with Crippen LogP contribution in [0.1, 0.15) is 47.9 Å². The number of halogens is 2. The Kier molecular flexibility index (Phi) is 10.8. The molecule has 230 valence electrons. The van der Waals surface area contributed by atoms with Crippen LogP contribution in [-0.4, -0.2) is 74.9 Å². The molecule has 2 heterocycles. The Morgan fingerprint density at radius 1 is 0.955 bits per heavy atom. The fourth-order valence-electron chi connectivity index (χ4n) is 5.26.